The van der Waals surface area contributed by atoms with Crippen molar-refractivity contribution in [3.63, 3.8) is 0 Å². The Morgan fingerprint density at radius 3 is 2.76 bits per heavy atom. The number of hydrogen-bond donors (Lipinski definition) is 1. The molecule has 0 aliphatic rings. The number of carbonyl (C=O) groups is 1. The van der Waals surface area contributed by atoms with Crippen molar-refractivity contribution >= 4 is 27.5 Å². The maximum Gasteiger partial charge on any atom is 0.311 e. The number of para-hydroxylation sites is 1. The number of aliphatic carboxylic acids is 1. The Balaban J connectivity index is 1.93. The number of halogens is 1. The topological polar surface area (TPSA) is 50.2 Å². The minimum Gasteiger partial charge on any atom is -0.481 e. The van der Waals surface area contributed by atoms with E-state index in [1.165, 1.54) is 29.5 Å². The predicted molar refractivity (Wildman–Crippen MR) is 80.1 cm³/mol. The fourth-order valence-corrected chi connectivity index (χ4v) is 3.27. The van der Waals surface area contributed by atoms with E-state index in [0.29, 0.717) is 5.56 Å². The van der Waals surface area contributed by atoms with Crippen LogP contribution in [0.15, 0.2) is 48.5 Å². The zero-order valence-electron chi connectivity index (χ0n) is 11.0. The molecule has 21 heavy (non-hydrogen) atoms. The molecule has 5 heteroatoms. The summed E-state index contributed by atoms with van der Waals surface area (Å²) in [7, 11) is 0. The summed E-state index contributed by atoms with van der Waals surface area (Å²) >= 11 is 1.47. The van der Waals surface area contributed by atoms with Crippen LogP contribution in [0.2, 0.25) is 0 Å². The fraction of sp³-hybridized carbons (Fsp3) is 0.125. The van der Waals surface area contributed by atoms with Gasteiger partial charge in [-0.15, -0.1) is 11.3 Å². The number of carboxylic acids is 1. The number of rotatable bonds is 4. The second-order valence-corrected chi connectivity index (χ2v) is 5.84. The zero-order chi connectivity index (χ0) is 14.8. The summed E-state index contributed by atoms with van der Waals surface area (Å²) in [5, 5.41) is 10.2. The quantitative estimate of drug-likeness (QED) is 0.796. The zero-order valence-corrected chi connectivity index (χ0v) is 11.8. The van der Waals surface area contributed by atoms with Gasteiger partial charge in [-0.05, 0) is 29.8 Å². The standard InChI is InChI=1S/C16H12FNO2S/c17-11-5-3-4-10(8-11)12(16(19)20)9-15-18-13-6-1-2-7-14(13)21-15/h1-8,12H,9H2,(H,19,20). The van der Waals surface area contributed by atoms with E-state index in [-0.39, 0.29) is 6.42 Å². The SMILES string of the molecule is O=C(O)C(Cc1nc2ccccc2s1)c1cccc(F)c1. The van der Waals surface area contributed by atoms with Crippen molar-refractivity contribution in [2.75, 3.05) is 0 Å². The van der Waals surface area contributed by atoms with Gasteiger partial charge in [0.2, 0.25) is 0 Å². The van der Waals surface area contributed by atoms with Gasteiger partial charge in [-0.1, -0.05) is 24.3 Å². The van der Waals surface area contributed by atoms with Gasteiger partial charge in [-0.2, -0.15) is 0 Å². The van der Waals surface area contributed by atoms with E-state index in [1.807, 2.05) is 24.3 Å². The summed E-state index contributed by atoms with van der Waals surface area (Å²) in [5.74, 6) is -2.19. The predicted octanol–water partition coefficient (Wildman–Crippen LogP) is 3.85. The average Bonchev–Trinajstić information content (AvgIpc) is 2.87. The molecule has 0 saturated carbocycles. The summed E-state index contributed by atoms with van der Waals surface area (Å²) in [6.45, 7) is 0. The number of aromatic nitrogens is 1. The summed E-state index contributed by atoms with van der Waals surface area (Å²) in [4.78, 5) is 15.9. The number of hydrogen-bond acceptors (Lipinski definition) is 3. The molecular weight excluding hydrogens is 289 g/mol. The fourth-order valence-electron chi connectivity index (χ4n) is 2.25. The summed E-state index contributed by atoms with van der Waals surface area (Å²) < 4.78 is 14.3. The van der Waals surface area contributed by atoms with Gasteiger partial charge in [0.1, 0.15) is 5.82 Å². The first-order valence-corrected chi connectivity index (χ1v) is 7.28. The molecule has 0 amide bonds. The second-order valence-electron chi connectivity index (χ2n) is 4.73. The Labute approximate surface area is 124 Å². The van der Waals surface area contributed by atoms with Gasteiger partial charge in [-0.3, -0.25) is 4.79 Å². The van der Waals surface area contributed by atoms with Gasteiger partial charge in [0.05, 0.1) is 21.1 Å². The van der Waals surface area contributed by atoms with Crippen LogP contribution >= 0.6 is 11.3 Å². The molecule has 0 fully saturated rings. The number of carboxylic acid groups (broad SMARTS) is 1. The summed E-state index contributed by atoms with van der Waals surface area (Å²) in [6.07, 6.45) is 0.262. The van der Waals surface area contributed by atoms with E-state index in [9.17, 15) is 14.3 Å². The molecule has 0 bridgehead atoms. The number of nitrogens with zero attached hydrogens (tertiary/aromatic N) is 1. The van der Waals surface area contributed by atoms with Gasteiger partial charge in [0.25, 0.3) is 0 Å². The summed E-state index contributed by atoms with van der Waals surface area (Å²) in [5.41, 5.74) is 1.32. The number of thiazole rings is 1. The van der Waals surface area contributed by atoms with Crippen molar-refractivity contribution in [1.29, 1.82) is 0 Å². The highest BCUT2D eigenvalue weighted by molar-refractivity contribution is 7.18. The molecule has 1 atom stereocenters. The molecule has 2 aromatic carbocycles. The Hall–Kier alpha value is -2.27. The molecule has 0 saturated heterocycles. The molecule has 1 heterocycles. The Morgan fingerprint density at radius 2 is 2.05 bits per heavy atom. The highest BCUT2D eigenvalue weighted by atomic mass is 32.1. The molecule has 3 nitrogen and oxygen atoms in total. The molecule has 3 aromatic rings. The third-order valence-electron chi connectivity index (χ3n) is 3.27. The lowest BCUT2D eigenvalue weighted by molar-refractivity contribution is -0.138. The van der Waals surface area contributed by atoms with E-state index in [1.54, 1.807) is 6.07 Å². The van der Waals surface area contributed by atoms with Crippen molar-refractivity contribution in [1.82, 2.24) is 4.98 Å². The van der Waals surface area contributed by atoms with Crippen LogP contribution in [0.1, 0.15) is 16.5 Å². The number of fused-ring (bicyclic) bond motifs is 1. The van der Waals surface area contributed by atoms with Crippen molar-refractivity contribution in [3.8, 4) is 0 Å². The molecule has 0 aliphatic heterocycles. The first kappa shape index (κ1) is 13.7. The Bertz CT molecular complexity index is 767. The van der Waals surface area contributed by atoms with Gasteiger partial charge in [0, 0.05) is 6.42 Å². The number of benzene rings is 2. The lowest BCUT2D eigenvalue weighted by Crippen LogP contribution is -2.14. The van der Waals surface area contributed by atoms with Crippen LogP contribution in [0.25, 0.3) is 10.2 Å². The first-order chi connectivity index (χ1) is 10.1. The molecule has 0 aliphatic carbocycles. The Kier molecular flexibility index (Phi) is 3.66. The van der Waals surface area contributed by atoms with Crippen LogP contribution in [-0.2, 0) is 11.2 Å². The average molecular weight is 301 g/mol. The van der Waals surface area contributed by atoms with Crippen LogP contribution in [0, 0.1) is 5.82 Å². The molecule has 1 unspecified atom stereocenters. The van der Waals surface area contributed by atoms with Gasteiger partial charge in [0.15, 0.2) is 0 Å². The third kappa shape index (κ3) is 2.92. The summed E-state index contributed by atoms with van der Waals surface area (Å²) in [6, 6.07) is 13.4. The lowest BCUT2D eigenvalue weighted by Gasteiger charge is -2.11. The van der Waals surface area contributed by atoms with Crippen LogP contribution in [0.5, 0.6) is 0 Å². The van der Waals surface area contributed by atoms with Gasteiger partial charge < -0.3 is 5.11 Å². The van der Waals surface area contributed by atoms with E-state index in [2.05, 4.69) is 4.98 Å². The highest BCUT2D eigenvalue weighted by Crippen LogP contribution is 2.27. The lowest BCUT2D eigenvalue weighted by atomic mass is 9.96. The van der Waals surface area contributed by atoms with Crippen molar-refractivity contribution in [3.05, 3.63) is 64.9 Å². The van der Waals surface area contributed by atoms with E-state index < -0.39 is 17.7 Å². The smallest absolute Gasteiger partial charge is 0.311 e. The van der Waals surface area contributed by atoms with Crippen LogP contribution in [-0.4, -0.2) is 16.1 Å². The van der Waals surface area contributed by atoms with Crippen molar-refractivity contribution < 1.29 is 14.3 Å². The molecule has 3 rings (SSSR count). The molecular formula is C16H12FNO2S. The molecule has 1 N–H and O–H groups in total. The molecule has 0 spiro atoms. The maximum absolute atomic E-state index is 13.3. The van der Waals surface area contributed by atoms with E-state index >= 15 is 0 Å². The minimum absolute atomic E-state index is 0.262. The normalized spacial score (nSPS) is 12.4. The van der Waals surface area contributed by atoms with E-state index in [4.69, 9.17) is 0 Å². The minimum atomic E-state index is -0.972. The largest absolute Gasteiger partial charge is 0.481 e. The monoisotopic (exact) mass is 301 g/mol. The van der Waals surface area contributed by atoms with Crippen molar-refractivity contribution in [2.45, 2.75) is 12.3 Å². The molecule has 1 aromatic heterocycles. The second kappa shape index (κ2) is 5.61. The van der Waals surface area contributed by atoms with Crippen LogP contribution < -0.4 is 0 Å². The van der Waals surface area contributed by atoms with E-state index in [0.717, 1.165) is 15.2 Å². The maximum atomic E-state index is 13.3. The molecule has 0 radical (unpaired) electrons. The molecule has 106 valence electrons. The Morgan fingerprint density at radius 1 is 1.24 bits per heavy atom. The van der Waals surface area contributed by atoms with Crippen LogP contribution in [0.3, 0.4) is 0 Å². The van der Waals surface area contributed by atoms with Gasteiger partial charge in [-0.25, -0.2) is 9.37 Å². The van der Waals surface area contributed by atoms with Crippen LogP contribution in [0.4, 0.5) is 4.39 Å². The third-order valence-corrected chi connectivity index (χ3v) is 4.32. The van der Waals surface area contributed by atoms with Crippen molar-refractivity contribution in [2.24, 2.45) is 0 Å². The highest BCUT2D eigenvalue weighted by Gasteiger charge is 2.22. The van der Waals surface area contributed by atoms with Gasteiger partial charge >= 0.3 is 5.97 Å². The first-order valence-electron chi connectivity index (χ1n) is 6.46.